The molecule has 0 aromatic heterocycles. The van der Waals surface area contributed by atoms with Gasteiger partial charge in [-0.15, -0.1) is 0 Å². The number of nitrogens with two attached hydrogens (primary N) is 1. The molecule has 13 heavy (non-hydrogen) atoms. The topological polar surface area (TPSA) is 26.0 Å². The van der Waals surface area contributed by atoms with E-state index >= 15 is 0 Å². The minimum Gasteiger partial charge on any atom is -0.324 e. The summed E-state index contributed by atoms with van der Waals surface area (Å²) < 4.78 is 0. The van der Waals surface area contributed by atoms with Gasteiger partial charge in [0.25, 0.3) is 0 Å². The Morgan fingerprint density at radius 1 is 1.15 bits per heavy atom. The second-order valence-electron chi connectivity index (χ2n) is 4.90. The van der Waals surface area contributed by atoms with Crippen LogP contribution in [0.1, 0.15) is 38.5 Å². The second-order valence-corrected chi connectivity index (χ2v) is 4.90. The third-order valence-electron chi connectivity index (χ3n) is 4.12. The zero-order chi connectivity index (χ0) is 8.94. The molecule has 0 saturated heterocycles. The van der Waals surface area contributed by atoms with Crippen molar-refractivity contribution in [3.05, 3.63) is 23.8 Å². The SMILES string of the molecule is NC1(C2(C3=CC=CCC3)CC2)CC1. The molecule has 3 aliphatic carbocycles. The predicted octanol–water partition coefficient (Wildman–Crippen LogP) is 2.53. The molecule has 0 aliphatic heterocycles. The normalized spacial score (nSPS) is 32.5. The summed E-state index contributed by atoms with van der Waals surface area (Å²) in [6, 6.07) is 0. The van der Waals surface area contributed by atoms with Gasteiger partial charge >= 0.3 is 0 Å². The van der Waals surface area contributed by atoms with Crippen molar-refractivity contribution < 1.29 is 0 Å². The van der Waals surface area contributed by atoms with Gasteiger partial charge in [-0.1, -0.05) is 23.8 Å². The van der Waals surface area contributed by atoms with Crippen LogP contribution in [0, 0.1) is 5.41 Å². The minimum absolute atomic E-state index is 0.212. The first kappa shape index (κ1) is 7.81. The maximum absolute atomic E-state index is 6.35. The van der Waals surface area contributed by atoms with Crippen molar-refractivity contribution in [3.8, 4) is 0 Å². The van der Waals surface area contributed by atoms with E-state index in [9.17, 15) is 0 Å². The monoisotopic (exact) mass is 175 g/mol. The fraction of sp³-hybridized carbons (Fsp3) is 0.667. The Kier molecular flexibility index (Phi) is 1.36. The van der Waals surface area contributed by atoms with Crippen LogP contribution in [0.4, 0.5) is 0 Å². The summed E-state index contributed by atoms with van der Waals surface area (Å²) in [6.07, 6.45) is 14.5. The van der Waals surface area contributed by atoms with Crippen molar-refractivity contribution in [1.29, 1.82) is 0 Å². The zero-order valence-electron chi connectivity index (χ0n) is 8.05. The van der Waals surface area contributed by atoms with Crippen LogP contribution in [0.3, 0.4) is 0 Å². The van der Waals surface area contributed by atoms with Gasteiger partial charge in [0.05, 0.1) is 0 Å². The van der Waals surface area contributed by atoms with E-state index in [2.05, 4.69) is 18.2 Å². The second kappa shape index (κ2) is 2.27. The molecule has 0 aromatic rings. The molecule has 3 aliphatic rings. The van der Waals surface area contributed by atoms with Crippen molar-refractivity contribution in [3.63, 3.8) is 0 Å². The van der Waals surface area contributed by atoms with Crippen molar-refractivity contribution in [1.82, 2.24) is 0 Å². The Balaban J connectivity index is 1.91. The summed E-state index contributed by atoms with van der Waals surface area (Å²) >= 11 is 0. The molecule has 0 amide bonds. The summed E-state index contributed by atoms with van der Waals surface area (Å²) in [6.45, 7) is 0. The van der Waals surface area contributed by atoms with E-state index in [0.717, 1.165) is 0 Å². The van der Waals surface area contributed by atoms with Crippen LogP contribution in [-0.2, 0) is 0 Å². The molecule has 0 heterocycles. The molecule has 70 valence electrons. The van der Waals surface area contributed by atoms with Crippen LogP contribution in [0.2, 0.25) is 0 Å². The molecule has 2 fully saturated rings. The highest BCUT2D eigenvalue weighted by Gasteiger charge is 2.64. The van der Waals surface area contributed by atoms with Gasteiger partial charge in [-0.05, 0) is 38.5 Å². The maximum atomic E-state index is 6.35. The third kappa shape index (κ3) is 0.969. The smallest absolute Gasteiger partial charge is 0.0250 e. The first-order valence-corrected chi connectivity index (χ1v) is 5.42. The highest BCUT2D eigenvalue weighted by Crippen LogP contribution is 2.67. The lowest BCUT2D eigenvalue weighted by Crippen LogP contribution is -2.35. The maximum Gasteiger partial charge on any atom is 0.0250 e. The standard InChI is InChI=1S/C12H17N/c13-12(8-9-12)11(6-7-11)10-4-2-1-3-5-10/h1-2,4H,3,5-9,13H2. The van der Waals surface area contributed by atoms with Gasteiger partial charge in [0.1, 0.15) is 0 Å². The third-order valence-corrected chi connectivity index (χ3v) is 4.12. The molecule has 1 heteroatoms. The largest absolute Gasteiger partial charge is 0.324 e. The number of allylic oxidation sites excluding steroid dienone is 3. The first-order chi connectivity index (χ1) is 6.27. The fourth-order valence-corrected chi connectivity index (χ4v) is 2.88. The Hall–Kier alpha value is -0.560. The number of rotatable bonds is 2. The summed E-state index contributed by atoms with van der Waals surface area (Å²) in [5, 5.41) is 0. The van der Waals surface area contributed by atoms with Gasteiger partial charge in [-0.25, -0.2) is 0 Å². The summed E-state index contributed by atoms with van der Waals surface area (Å²) in [4.78, 5) is 0. The predicted molar refractivity (Wildman–Crippen MR) is 54.3 cm³/mol. The number of hydrogen-bond acceptors (Lipinski definition) is 1. The molecule has 0 atom stereocenters. The summed E-state index contributed by atoms with van der Waals surface area (Å²) in [5.74, 6) is 0. The molecular formula is C12H17N. The molecule has 0 bridgehead atoms. The van der Waals surface area contributed by atoms with Gasteiger partial charge in [0.15, 0.2) is 0 Å². The van der Waals surface area contributed by atoms with Crippen LogP contribution in [0.5, 0.6) is 0 Å². The molecule has 0 spiro atoms. The Bertz CT molecular complexity index is 290. The summed E-state index contributed by atoms with van der Waals surface area (Å²) in [5.41, 5.74) is 8.67. The van der Waals surface area contributed by atoms with Gasteiger partial charge in [0.2, 0.25) is 0 Å². The van der Waals surface area contributed by atoms with E-state index < -0.39 is 0 Å². The lowest BCUT2D eigenvalue weighted by molar-refractivity contribution is 0.430. The van der Waals surface area contributed by atoms with E-state index in [4.69, 9.17) is 5.73 Å². The van der Waals surface area contributed by atoms with Crippen LogP contribution in [0.15, 0.2) is 23.8 Å². The van der Waals surface area contributed by atoms with Crippen molar-refractivity contribution in [2.24, 2.45) is 11.1 Å². The highest BCUT2D eigenvalue weighted by atomic mass is 14.9. The minimum atomic E-state index is 0.212. The van der Waals surface area contributed by atoms with Crippen LogP contribution >= 0.6 is 0 Å². The Labute approximate surface area is 79.7 Å². The molecule has 0 aromatic carbocycles. The molecular weight excluding hydrogens is 158 g/mol. The van der Waals surface area contributed by atoms with Crippen molar-refractivity contribution >= 4 is 0 Å². The van der Waals surface area contributed by atoms with Crippen molar-refractivity contribution in [2.45, 2.75) is 44.1 Å². The lowest BCUT2D eigenvalue weighted by atomic mass is 9.82. The summed E-state index contributed by atoms with van der Waals surface area (Å²) in [7, 11) is 0. The van der Waals surface area contributed by atoms with Crippen LogP contribution in [0.25, 0.3) is 0 Å². The van der Waals surface area contributed by atoms with E-state index in [1.54, 1.807) is 5.57 Å². The Morgan fingerprint density at radius 2 is 1.92 bits per heavy atom. The lowest BCUT2D eigenvalue weighted by Gasteiger charge is -2.27. The molecule has 3 rings (SSSR count). The fourth-order valence-electron chi connectivity index (χ4n) is 2.88. The van der Waals surface area contributed by atoms with E-state index in [0.29, 0.717) is 5.41 Å². The van der Waals surface area contributed by atoms with Gasteiger partial charge < -0.3 is 5.73 Å². The van der Waals surface area contributed by atoms with Gasteiger partial charge in [0, 0.05) is 11.0 Å². The molecule has 0 unspecified atom stereocenters. The molecule has 2 saturated carbocycles. The van der Waals surface area contributed by atoms with Gasteiger partial charge in [-0.3, -0.25) is 0 Å². The quantitative estimate of drug-likeness (QED) is 0.685. The van der Waals surface area contributed by atoms with E-state index in [1.807, 2.05) is 0 Å². The average molecular weight is 175 g/mol. The first-order valence-electron chi connectivity index (χ1n) is 5.42. The zero-order valence-corrected chi connectivity index (χ0v) is 8.05. The average Bonchev–Trinajstić information content (AvgIpc) is 3.01. The number of hydrogen-bond donors (Lipinski definition) is 1. The van der Waals surface area contributed by atoms with Gasteiger partial charge in [-0.2, -0.15) is 0 Å². The highest BCUT2D eigenvalue weighted by molar-refractivity contribution is 5.37. The molecule has 1 nitrogen and oxygen atoms in total. The molecule has 2 N–H and O–H groups in total. The van der Waals surface area contributed by atoms with E-state index in [1.165, 1.54) is 38.5 Å². The van der Waals surface area contributed by atoms with Crippen molar-refractivity contribution in [2.75, 3.05) is 0 Å². The molecule has 0 radical (unpaired) electrons. The van der Waals surface area contributed by atoms with Crippen LogP contribution in [-0.4, -0.2) is 5.54 Å². The van der Waals surface area contributed by atoms with Crippen LogP contribution < -0.4 is 5.73 Å². The van der Waals surface area contributed by atoms with E-state index in [-0.39, 0.29) is 5.54 Å². The Morgan fingerprint density at radius 3 is 2.38 bits per heavy atom.